The van der Waals surface area contributed by atoms with Crippen molar-refractivity contribution < 1.29 is 8.42 Å². The second kappa shape index (κ2) is 5.44. The van der Waals surface area contributed by atoms with Gasteiger partial charge in [-0.1, -0.05) is 0 Å². The highest BCUT2D eigenvalue weighted by atomic mass is 32.2. The van der Waals surface area contributed by atoms with Gasteiger partial charge in [-0.2, -0.15) is 0 Å². The molecule has 5 nitrogen and oxygen atoms in total. The Balaban J connectivity index is 2.05. The molecule has 19 heavy (non-hydrogen) atoms. The fourth-order valence-corrected chi connectivity index (χ4v) is 2.42. The number of imidazole rings is 1. The van der Waals surface area contributed by atoms with Crippen LogP contribution in [0.25, 0.3) is 0 Å². The molecule has 0 aliphatic rings. The Morgan fingerprint density at radius 1 is 1.26 bits per heavy atom. The van der Waals surface area contributed by atoms with E-state index in [4.69, 9.17) is 0 Å². The quantitative estimate of drug-likeness (QED) is 0.908. The van der Waals surface area contributed by atoms with Crippen molar-refractivity contribution >= 4 is 15.5 Å². The van der Waals surface area contributed by atoms with Crippen LogP contribution < -0.4 is 5.32 Å². The zero-order chi connectivity index (χ0) is 13.9. The number of aryl methyl sites for hydroxylation is 1. The lowest BCUT2D eigenvalue weighted by Gasteiger charge is -2.08. The summed E-state index contributed by atoms with van der Waals surface area (Å²) in [7, 11) is -3.13. The van der Waals surface area contributed by atoms with Crippen LogP contribution >= 0.6 is 0 Å². The first-order valence-electron chi connectivity index (χ1n) is 6.03. The zero-order valence-corrected chi connectivity index (χ0v) is 11.8. The molecule has 0 spiro atoms. The molecule has 0 fully saturated rings. The van der Waals surface area contributed by atoms with Crippen LogP contribution in [0.1, 0.15) is 12.6 Å². The summed E-state index contributed by atoms with van der Waals surface area (Å²) >= 11 is 0. The van der Waals surface area contributed by atoms with Crippen LogP contribution in [0.15, 0.2) is 41.7 Å². The van der Waals surface area contributed by atoms with Crippen LogP contribution in [0.3, 0.4) is 0 Å². The molecular formula is C13H17N3O2S. The van der Waals surface area contributed by atoms with Gasteiger partial charge < -0.3 is 9.88 Å². The molecule has 0 radical (unpaired) electrons. The molecule has 6 heteroatoms. The maximum absolute atomic E-state index is 11.3. The highest BCUT2D eigenvalue weighted by Gasteiger charge is 2.06. The number of hydrogen-bond acceptors (Lipinski definition) is 4. The minimum atomic E-state index is -3.13. The molecule has 2 aromatic rings. The number of nitrogens with one attached hydrogen (secondary N) is 1. The summed E-state index contributed by atoms with van der Waals surface area (Å²) in [5.41, 5.74) is 1.98. The Bertz CT molecular complexity index is 645. The standard InChI is InChI=1S/C13H17N3O2S/c1-3-16-10-14-8-12(16)9-15-11-4-6-13(7-5-11)19(2,17)18/h4-8,10,15H,3,9H2,1-2H3. The van der Waals surface area contributed by atoms with Gasteiger partial charge in [0.2, 0.25) is 0 Å². The largest absolute Gasteiger partial charge is 0.379 e. The number of anilines is 1. The number of nitrogens with zero attached hydrogens (tertiary/aromatic N) is 2. The van der Waals surface area contributed by atoms with Gasteiger partial charge in [0.15, 0.2) is 9.84 Å². The maximum Gasteiger partial charge on any atom is 0.175 e. The summed E-state index contributed by atoms with van der Waals surface area (Å²) in [4.78, 5) is 4.43. The average Bonchev–Trinajstić information content (AvgIpc) is 2.83. The van der Waals surface area contributed by atoms with Crippen LogP contribution in [-0.2, 0) is 22.9 Å². The van der Waals surface area contributed by atoms with E-state index in [0.717, 1.165) is 17.9 Å². The third kappa shape index (κ3) is 3.35. The Morgan fingerprint density at radius 2 is 1.95 bits per heavy atom. The van der Waals surface area contributed by atoms with E-state index in [2.05, 4.69) is 21.8 Å². The van der Waals surface area contributed by atoms with Crippen molar-refractivity contribution in [3.63, 3.8) is 0 Å². The Hall–Kier alpha value is -1.82. The van der Waals surface area contributed by atoms with E-state index < -0.39 is 9.84 Å². The molecule has 0 aliphatic carbocycles. The Kier molecular flexibility index (Phi) is 3.90. The lowest BCUT2D eigenvalue weighted by Crippen LogP contribution is -2.06. The molecule has 0 saturated carbocycles. The van der Waals surface area contributed by atoms with E-state index in [1.807, 2.05) is 6.20 Å². The number of sulfone groups is 1. The Labute approximate surface area is 113 Å². The Morgan fingerprint density at radius 3 is 2.53 bits per heavy atom. The molecule has 1 aromatic heterocycles. The molecule has 0 amide bonds. The molecule has 1 heterocycles. The van der Waals surface area contributed by atoms with Crippen molar-refractivity contribution in [3.05, 3.63) is 42.5 Å². The van der Waals surface area contributed by atoms with Crippen molar-refractivity contribution in [1.82, 2.24) is 9.55 Å². The third-order valence-corrected chi connectivity index (χ3v) is 4.02. The summed E-state index contributed by atoms with van der Waals surface area (Å²) in [6.07, 6.45) is 4.82. The van der Waals surface area contributed by atoms with Crippen LogP contribution in [0.2, 0.25) is 0 Å². The zero-order valence-electron chi connectivity index (χ0n) is 11.0. The number of hydrogen-bond donors (Lipinski definition) is 1. The number of benzene rings is 1. The molecule has 2 rings (SSSR count). The summed E-state index contributed by atoms with van der Waals surface area (Å²) in [6.45, 7) is 3.60. The highest BCUT2D eigenvalue weighted by molar-refractivity contribution is 7.90. The second-order valence-corrected chi connectivity index (χ2v) is 6.34. The molecular weight excluding hydrogens is 262 g/mol. The molecule has 0 bridgehead atoms. The smallest absolute Gasteiger partial charge is 0.175 e. The second-order valence-electron chi connectivity index (χ2n) is 4.32. The minimum absolute atomic E-state index is 0.330. The fraction of sp³-hybridized carbons (Fsp3) is 0.308. The van der Waals surface area contributed by atoms with E-state index in [-0.39, 0.29) is 0 Å². The van der Waals surface area contributed by atoms with Gasteiger partial charge in [0.1, 0.15) is 0 Å². The van der Waals surface area contributed by atoms with Gasteiger partial charge in [0.05, 0.1) is 23.5 Å². The molecule has 102 valence electrons. The highest BCUT2D eigenvalue weighted by Crippen LogP contribution is 2.14. The van der Waals surface area contributed by atoms with Crippen molar-refractivity contribution in [2.45, 2.75) is 24.9 Å². The van der Waals surface area contributed by atoms with E-state index in [9.17, 15) is 8.42 Å². The van der Waals surface area contributed by atoms with Crippen molar-refractivity contribution in [3.8, 4) is 0 Å². The van der Waals surface area contributed by atoms with Gasteiger partial charge in [0.25, 0.3) is 0 Å². The fourth-order valence-electron chi connectivity index (χ4n) is 1.79. The van der Waals surface area contributed by atoms with Crippen molar-refractivity contribution in [2.75, 3.05) is 11.6 Å². The molecule has 0 unspecified atom stereocenters. The van der Waals surface area contributed by atoms with Crippen LogP contribution in [0.4, 0.5) is 5.69 Å². The molecule has 1 aromatic carbocycles. The van der Waals surface area contributed by atoms with Gasteiger partial charge in [-0.3, -0.25) is 0 Å². The molecule has 0 aliphatic heterocycles. The summed E-state index contributed by atoms with van der Waals surface area (Å²) in [6, 6.07) is 6.75. The van der Waals surface area contributed by atoms with Crippen LogP contribution in [0.5, 0.6) is 0 Å². The predicted molar refractivity (Wildman–Crippen MR) is 74.8 cm³/mol. The molecule has 0 saturated heterocycles. The number of rotatable bonds is 5. The number of aromatic nitrogens is 2. The monoisotopic (exact) mass is 279 g/mol. The first-order valence-corrected chi connectivity index (χ1v) is 7.93. The normalized spacial score (nSPS) is 11.5. The molecule has 0 atom stereocenters. The summed E-state index contributed by atoms with van der Waals surface area (Å²) < 4.78 is 24.7. The SMILES string of the molecule is CCn1cncc1CNc1ccc(S(C)(=O)=O)cc1. The van der Waals surface area contributed by atoms with E-state index >= 15 is 0 Å². The van der Waals surface area contributed by atoms with Crippen LogP contribution in [-0.4, -0.2) is 24.2 Å². The topological polar surface area (TPSA) is 64.0 Å². The lowest BCUT2D eigenvalue weighted by atomic mass is 10.3. The van der Waals surface area contributed by atoms with Gasteiger partial charge in [-0.05, 0) is 31.2 Å². The van der Waals surface area contributed by atoms with E-state index in [1.54, 1.807) is 30.6 Å². The van der Waals surface area contributed by atoms with E-state index in [0.29, 0.717) is 11.4 Å². The average molecular weight is 279 g/mol. The predicted octanol–water partition coefficient (Wildman–Crippen LogP) is 1.92. The van der Waals surface area contributed by atoms with Gasteiger partial charge in [0, 0.05) is 24.7 Å². The first kappa shape index (κ1) is 13.6. The van der Waals surface area contributed by atoms with Crippen molar-refractivity contribution in [2.24, 2.45) is 0 Å². The summed E-state index contributed by atoms with van der Waals surface area (Å²) in [5, 5.41) is 3.24. The first-order chi connectivity index (χ1) is 9.00. The lowest BCUT2D eigenvalue weighted by molar-refractivity contribution is 0.602. The van der Waals surface area contributed by atoms with Gasteiger partial charge in [-0.15, -0.1) is 0 Å². The van der Waals surface area contributed by atoms with Crippen molar-refractivity contribution in [1.29, 1.82) is 0 Å². The molecule has 1 N–H and O–H groups in total. The van der Waals surface area contributed by atoms with E-state index in [1.165, 1.54) is 6.26 Å². The van der Waals surface area contributed by atoms with Gasteiger partial charge in [-0.25, -0.2) is 13.4 Å². The minimum Gasteiger partial charge on any atom is -0.379 e. The van der Waals surface area contributed by atoms with Crippen LogP contribution in [0, 0.1) is 0 Å². The van der Waals surface area contributed by atoms with Gasteiger partial charge >= 0.3 is 0 Å². The maximum atomic E-state index is 11.3. The summed E-state index contributed by atoms with van der Waals surface area (Å²) in [5.74, 6) is 0. The third-order valence-electron chi connectivity index (χ3n) is 2.90.